The molecule has 2 heterocycles. The highest BCUT2D eigenvalue weighted by atomic mass is 35.5. The average molecular weight is 366 g/mol. The maximum Gasteiger partial charge on any atom is 0.348 e. The lowest BCUT2D eigenvalue weighted by Crippen LogP contribution is -2.03. The number of methoxy groups -OCH3 is 1. The van der Waals surface area contributed by atoms with Crippen molar-refractivity contribution in [1.29, 1.82) is 0 Å². The SMILES string of the molecule is COc1cccc(-c2nc(COC(=O)c3ccc(Cl)s3)cs2)c1. The Labute approximate surface area is 146 Å². The summed E-state index contributed by atoms with van der Waals surface area (Å²) in [4.78, 5) is 16.9. The number of nitrogens with zero attached hydrogens (tertiary/aromatic N) is 1. The molecule has 0 aliphatic carbocycles. The van der Waals surface area contributed by atoms with E-state index < -0.39 is 5.97 Å². The van der Waals surface area contributed by atoms with Crippen LogP contribution in [0.25, 0.3) is 10.6 Å². The van der Waals surface area contributed by atoms with E-state index in [1.807, 2.05) is 29.6 Å². The summed E-state index contributed by atoms with van der Waals surface area (Å²) >= 11 is 8.50. The van der Waals surface area contributed by atoms with Gasteiger partial charge in [0.05, 0.1) is 17.1 Å². The third-order valence-electron chi connectivity index (χ3n) is 2.99. The summed E-state index contributed by atoms with van der Waals surface area (Å²) in [6, 6.07) is 11.0. The Bertz CT molecular complexity index is 828. The minimum absolute atomic E-state index is 0.134. The molecule has 0 radical (unpaired) electrons. The van der Waals surface area contributed by atoms with E-state index in [9.17, 15) is 4.79 Å². The summed E-state index contributed by atoms with van der Waals surface area (Å²) in [7, 11) is 1.63. The molecule has 118 valence electrons. The molecule has 0 aliphatic heterocycles. The highest BCUT2D eigenvalue weighted by Gasteiger charge is 2.12. The maximum atomic E-state index is 11.9. The van der Waals surface area contributed by atoms with Crippen molar-refractivity contribution in [2.24, 2.45) is 0 Å². The fourth-order valence-corrected chi connectivity index (χ4v) is 3.63. The lowest BCUT2D eigenvalue weighted by molar-refractivity contribution is 0.0474. The van der Waals surface area contributed by atoms with E-state index in [1.165, 1.54) is 22.7 Å². The molecular formula is C16H12ClNO3S2. The molecule has 0 spiro atoms. The lowest BCUT2D eigenvalue weighted by atomic mass is 10.2. The molecule has 0 N–H and O–H groups in total. The van der Waals surface area contributed by atoms with Crippen LogP contribution in [0.15, 0.2) is 41.8 Å². The Morgan fingerprint density at radius 2 is 2.17 bits per heavy atom. The zero-order valence-electron chi connectivity index (χ0n) is 12.1. The van der Waals surface area contributed by atoms with Crippen LogP contribution in [-0.2, 0) is 11.3 Å². The Kier molecular flexibility index (Phi) is 4.95. The summed E-state index contributed by atoms with van der Waals surface area (Å²) in [6.07, 6.45) is 0. The average Bonchev–Trinajstić information content (AvgIpc) is 3.22. The number of esters is 1. The molecule has 0 atom stereocenters. The van der Waals surface area contributed by atoms with Crippen molar-refractivity contribution in [3.8, 4) is 16.3 Å². The molecule has 0 aliphatic rings. The maximum absolute atomic E-state index is 11.9. The first-order chi connectivity index (χ1) is 11.2. The second-order valence-corrected chi connectivity index (χ2v) is 7.13. The van der Waals surface area contributed by atoms with Gasteiger partial charge in [-0.15, -0.1) is 22.7 Å². The van der Waals surface area contributed by atoms with Crippen LogP contribution in [0, 0.1) is 0 Å². The standard InChI is InChI=1S/C16H12ClNO3S2/c1-20-12-4-2-3-10(7-12)15-18-11(9-22-15)8-21-16(19)13-5-6-14(17)23-13/h2-7,9H,8H2,1H3. The zero-order valence-corrected chi connectivity index (χ0v) is 14.5. The molecule has 3 aromatic rings. The van der Waals surface area contributed by atoms with Crippen LogP contribution in [0.4, 0.5) is 0 Å². The van der Waals surface area contributed by atoms with Crippen LogP contribution in [0.3, 0.4) is 0 Å². The molecule has 3 rings (SSSR count). The molecule has 4 nitrogen and oxygen atoms in total. The zero-order chi connectivity index (χ0) is 16.2. The number of carbonyl (C=O) groups excluding carboxylic acids is 1. The van der Waals surface area contributed by atoms with Gasteiger partial charge in [0.2, 0.25) is 0 Å². The lowest BCUT2D eigenvalue weighted by Gasteiger charge is -2.02. The normalized spacial score (nSPS) is 10.5. The van der Waals surface area contributed by atoms with Crippen molar-refractivity contribution in [2.45, 2.75) is 6.61 Å². The largest absolute Gasteiger partial charge is 0.497 e. The second-order valence-electron chi connectivity index (χ2n) is 4.56. The number of halogens is 1. The number of ether oxygens (including phenoxy) is 2. The van der Waals surface area contributed by atoms with E-state index in [0.29, 0.717) is 14.9 Å². The Morgan fingerprint density at radius 1 is 1.30 bits per heavy atom. The van der Waals surface area contributed by atoms with Crippen LogP contribution < -0.4 is 4.74 Å². The highest BCUT2D eigenvalue weighted by Crippen LogP contribution is 2.27. The van der Waals surface area contributed by atoms with Crippen molar-refractivity contribution >= 4 is 40.2 Å². The minimum atomic E-state index is -0.391. The summed E-state index contributed by atoms with van der Waals surface area (Å²) in [5, 5.41) is 2.73. The van der Waals surface area contributed by atoms with E-state index in [0.717, 1.165) is 16.3 Å². The molecule has 0 unspecified atom stereocenters. The van der Waals surface area contributed by atoms with Crippen molar-refractivity contribution in [1.82, 2.24) is 4.98 Å². The number of carbonyl (C=O) groups is 1. The van der Waals surface area contributed by atoms with E-state index in [4.69, 9.17) is 21.1 Å². The first-order valence-corrected chi connectivity index (χ1v) is 8.74. The molecule has 1 aromatic carbocycles. The van der Waals surface area contributed by atoms with Gasteiger partial charge in [0.25, 0.3) is 0 Å². The second kappa shape index (κ2) is 7.12. The smallest absolute Gasteiger partial charge is 0.348 e. The van der Waals surface area contributed by atoms with Gasteiger partial charge in [-0.3, -0.25) is 0 Å². The van der Waals surface area contributed by atoms with Gasteiger partial charge in [-0.2, -0.15) is 0 Å². The Balaban J connectivity index is 1.66. The predicted octanol–water partition coefficient (Wildman–Crippen LogP) is 4.89. The van der Waals surface area contributed by atoms with Crippen molar-refractivity contribution in [3.05, 3.63) is 56.7 Å². The summed E-state index contributed by atoms with van der Waals surface area (Å²) in [5.41, 5.74) is 1.68. The number of rotatable bonds is 5. The Hall–Kier alpha value is -1.89. The van der Waals surface area contributed by atoms with Crippen molar-refractivity contribution in [2.75, 3.05) is 7.11 Å². The van der Waals surface area contributed by atoms with Gasteiger partial charge in [0, 0.05) is 10.9 Å². The number of aromatic nitrogens is 1. The molecular weight excluding hydrogens is 354 g/mol. The van der Waals surface area contributed by atoms with Gasteiger partial charge in [-0.1, -0.05) is 23.7 Å². The number of thiazole rings is 1. The highest BCUT2D eigenvalue weighted by molar-refractivity contribution is 7.17. The van der Waals surface area contributed by atoms with Crippen LogP contribution in [-0.4, -0.2) is 18.1 Å². The van der Waals surface area contributed by atoms with Crippen LogP contribution in [0.5, 0.6) is 5.75 Å². The van der Waals surface area contributed by atoms with Gasteiger partial charge in [0.15, 0.2) is 0 Å². The van der Waals surface area contributed by atoms with E-state index in [-0.39, 0.29) is 6.61 Å². The summed E-state index contributed by atoms with van der Waals surface area (Å²) < 4.78 is 11.0. The van der Waals surface area contributed by atoms with Gasteiger partial charge in [0.1, 0.15) is 22.2 Å². The van der Waals surface area contributed by atoms with E-state index in [1.54, 1.807) is 19.2 Å². The summed E-state index contributed by atoms with van der Waals surface area (Å²) in [5.74, 6) is 0.387. The van der Waals surface area contributed by atoms with Gasteiger partial charge < -0.3 is 9.47 Å². The van der Waals surface area contributed by atoms with Gasteiger partial charge in [-0.05, 0) is 24.3 Å². The quantitative estimate of drug-likeness (QED) is 0.604. The van der Waals surface area contributed by atoms with E-state index in [2.05, 4.69) is 4.98 Å². The number of hydrogen-bond donors (Lipinski definition) is 0. The third kappa shape index (κ3) is 3.90. The summed E-state index contributed by atoms with van der Waals surface area (Å²) in [6.45, 7) is 0.134. The van der Waals surface area contributed by atoms with Gasteiger partial charge in [-0.25, -0.2) is 9.78 Å². The molecule has 0 bridgehead atoms. The Morgan fingerprint density at radius 3 is 2.91 bits per heavy atom. The fourth-order valence-electron chi connectivity index (χ4n) is 1.90. The topological polar surface area (TPSA) is 48.4 Å². The molecule has 2 aromatic heterocycles. The number of hydrogen-bond acceptors (Lipinski definition) is 6. The minimum Gasteiger partial charge on any atom is -0.497 e. The predicted molar refractivity (Wildman–Crippen MR) is 92.6 cm³/mol. The van der Waals surface area contributed by atoms with Gasteiger partial charge >= 0.3 is 5.97 Å². The van der Waals surface area contributed by atoms with Crippen LogP contribution in [0.2, 0.25) is 4.34 Å². The first kappa shape index (κ1) is 16.0. The monoisotopic (exact) mass is 365 g/mol. The molecule has 0 fully saturated rings. The van der Waals surface area contributed by atoms with E-state index >= 15 is 0 Å². The number of thiophene rings is 1. The molecule has 0 saturated heterocycles. The fraction of sp³-hybridized carbons (Fsp3) is 0.125. The third-order valence-corrected chi connectivity index (χ3v) is 5.15. The molecule has 7 heteroatoms. The van der Waals surface area contributed by atoms with Crippen LogP contribution in [0.1, 0.15) is 15.4 Å². The first-order valence-electron chi connectivity index (χ1n) is 6.67. The van der Waals surface area contributed by atoms with Crippen molar-refractivity contribution < 1.29 is 14.3 Å². The van der Waals surface area contributed by atoms with Crippen LogP contribution >= 0.6 is 34.3 Å². The molecule has 0 amide bonds. The van der Waals surface area contributed by atoms with Crippen molar-refractivity contribution in [3.63, 3.8) is 0 Å². The molecule has 0 saturated carbocycles. The number of benzene rings is 1. The molecule has 23 heavy (non-hydrogen) atoms.